The van der Waals surface area contributed by atoms with Gasteiger partial charge in [0.05, 0.1) is 16.0 Å². The molecule has 0 saturated carbocycles. The molecule has 6 nitrogen and oxygen atoms in total. The Kier molecular flexibility index (Phi) is 6.02. The lowest BCUT2D eigenvalue weighted by Crippen LogP contribution is -2.53. The lowest BCUT2D eigenvalue weighted by Gasteiger charge is -2.41. The summed E-state index contributed by atoms with van der Waals surface area (Å²) in [5, 5.41) is 3.74. The van der Waals surface area contributed by atoms with E-state index in [2.05, 4.69) is 52.7 Å². The summed E-state index contributed by atoms with van der Waals surface area (Å²) in [6, 6.07) is 23.5. The van der Waals surface area contributed by atoms with E-state index in [-0.39, 0.29) is 17.9 Å². The van der Waals surface area contributed by atoms with Crippen molar-refractivity contribution in [1.82, 2.24) is 9.27 Å². The third-order valence-electron chi connectivity index (χ3n) is 6.25. The Morgan fingerprint density at radius 2 is 1.79 bits per heavy atom. The first-order valence-electron chi connectivity index (χ1n) is 11.4. The van der Waals surface area contributed by atoms with Gasteiger partial charge in [0.2, 0.25) is 0 Å². The molecule has 5 rings (SSSR count). The van der Waals surface area contributed by atoms with Crippen LogP contribution in [0.3, 0.4) is 0 Å². The summed E-state index contributed by atoms with van der Waals surface area (Å²) in [5.41, 5.74) is 3.78. The molecule has 34 heavy (non-hydrogen) atoms. The molecule has 0 spiro atoms. The summed E-state index contributed by atoms with van der Waals surface area (Å²) >= 11 is 1.29. The molecular weight excluding hydrogens is 444 g/mol. The van der Waals surface area contributed by atoms with Crippen LogP contribution in [0.1, 0.15) is 33.3 Å². The number of rotatable bonds is 4. The summed E-state index contributed by atoms with van der Waals surface area (Å²) in [5.74, 6) is -0.384. The molecule has 172 valence electrons. The number of hydrogen-bond donors (Lipinski definition) is 1. The molecule has 3 aromatic carbocycles. The Balaban J connectivity index is 1.33. The molecular formula is C27H26N4O2S. The first kappa shape index (κ1) is 22.1. The molecule has 2 heterocycles. The van der Waals surface area contributed by atoms with Crippen LogP contribution in [0, 0.1) is 6.92 Å². The standard InChI is InChI=1S/C27H26N4O2S/c1-18-8-7-9-20(16-18)31-15-14-30(17-19(31)2)27(33)21-10-3-5-12-23(21)28-26(32)25-22-11-4-6-13-24(22)34-29-25/h3-13,16,19H,14-15,17H2,1-2H3,(H,28,32). The first-order chi connectivity index (χ1) is 16.5. The number of fused-ring (bicyclic) bond motifs is 1. The highest BCUT2D eigenvalue weighted by atomic mass is 32.1. The second-order valence-corrected chi connectivity index (χ2v) is 9.46. The highest BCUT2D eigenvalue weighted by Gasteiger charge is 2.29. The van der Waals surface area contributed by atoms with Crippen molar-refractivity contribution >= 4 is 44.8 Å². The van der Waals surface area contributed by atoms with E-state index < -0.39 is 0 Å². The molecule has 1 N–H and O–H groups in total. The molecule has 0 radical (unpaired) electrons. The van der Waals surface area contributed by atoms with Crippen LogP contribution < -0.4 is 10.2 Å². The van der Waals surface area contributed by atoms with Gasteiger partial charge in [-0.1, -0.05) is 42.5 Å². The Morgan fingerprint density at radius 3 is 2.62 bits per heavy atom. The van der Waals surface area contributed by atoms with Crippen molar-refractivity contribution in [2.24, 2.45) is 0 Å². The van der Waals surface area contributed by atoms with E-state index in [1.165, 1.54) is 22.8 Å². The molecule has 1 saturated heterocycles. The molecule has 1 aliphatic heterocycles. The SMILES string of the molecule is Cc1cccc(N2CCN(C(=O)c3ccccc3NC(=O)c3nsc4ccccc34)CC2C)c1. The number of amides is 2. The van der Waals surface area contributed by atoms with Gasteiger partial charge in [0.25, 0.3) is 11.8 Å². The topological polar surface area (TPSA) is 65.5 Å². The zero-order valence-electron chi connectivity index (χ0n) is 19.2. The Hall–Kier alpha value is -3.71. The summed E-state index contributed by atoms with van der Waals surface area (Å²) in [6.07, 6.45) is 0. The van der Waals surface area contributed by atoms with Crippen molar-refractivity contribution in [2.75, 3.05) is 29.9 Å². The first-order valence-corrected chi connectivity index (χ1v) is 12.2. The predicted molar refractivity (Wildman–Crippen MR) is 138 cm³/mol. The smallest absolute Gasteiger partial charge is 0.276 e. The number of hydrogen-bond acceptors (Lipinski definition) is 5. The molecule has 1 aromatic heterocycles. The molecule has 1 aliphatic rings. The quantitative estimate of drug-likeness (QED) is 0.445. The number of carbonyl (C=O) groups excluding carboxylic acids is 2. The monoisotopic (exact) mass is 470 g/mol. The lowest BCUT2D eigenvalue weighted by atomic mass is 10.1. The van der Waals surface area contributed by atoms with Crippen LogP contribution in [0.15, 0.2) is 72.8 Å². The fourth-order valence-corrected chi connectivity index (χ4v) is 5.29. The van der Waals surface area contributed by atoms with E-state index in [1.54, 1.807) is 12.1 Å². The van der Waals surface area contributed by atoms with E-state index in [0.29, 0.717) is 30.0 Å². The van der Waals surface area contributed by atoms with Gasteiger partial charge in [-0.25, -0.2) is 0 Å². The van der Waals surface area contributed by atoms with Gasteiger partial charge in [-0.05, 0) is 61.3 Å². The summed E-state index contributed by atoms with van der Waals surface area (Å²) in [4.78, 5) is 30.7. The van der Waals surface area contributed by atoms with Gasteiger partial charge in [0, 0.05) is 36.7 Å². The van der Waals surface area contributed by atoms with Crippen LogP contribution in [-0.4, -0.2) is 46.8 Å². The fraction of sp³-hybridized carbons (Fsp3) is 0.222. The van der Waals surface area contributed by atoms with Crippen LogP contribution in [0.25, 0.3) is 10.1 Å². The van der Waals surface area contributed by atoms with Crippen molar-refractivity contribution in [3.05, 3.63) is 89.6 Å². The number of nitrogens with one attached hydrogen (secondary N) is 1. The number of carbonyl (C=O) groups is 2. The lowest BCUT2D eigenvalue weighted by molar-refractivity contribution is 0.0727. The molecule has 1 atom stereocenters. The van der Waals surface area contributed by atoms with Gasteiger partial charge < -0.3 is 15.1 Å². The minimum atomic E-state index is -0.310. The number of anilines is 2. The Labute approximate surface area is 203 Å². The molecule has 1 fully saturated rings. The minimum Gasteiger partial charge on any atom is -0.365 e. The zero-order chi connectivity index (χ0) is 23.7. The molecule has 7 heteroatoms. The molecule has 1 unspecified atom stereocenters. The van der Waals surface area contributed by atoms with Crippen LogP contribution in [-0.2, 0) is 0 Å². The zero-order valence-corrected chi connectivity index (χ0v) is 20.0. The van der Waals surface area contributed by atoms with Crippen molar-refractivity contribution in [1.29, 1.82) is 0 Å². The maximum Gasteiger partial charge on any atom is 0.276 e. The highest BCUT2D eigenvalue weighted by molar-refractivity contribution is 7.13. The third kappa shape index (κ3) is 4.26. The van der Waals surface area contributed by atoms with Crippen molar-refractivity contribution in [2.45, 2.75) is 19.9 Å². The Bertz CT molecular complexity index is 1370. The minimum absolute atomic E-state index is 0.0743. The van der Waals surface area contributed by atoms with E-state index >= 15 is 0 Å². The normalized spacial score (nSPS) is 16.0. The number of nitrogens with zero attached hydrogens (tertiary/aromatic N) is 3. The average molecular weight is 471 g/mol. The second-order valence-electron chi connectivity index (χ2n) is 8.66. The van der Waals surface area contributed by atoms with Crippen LogP contribution in [0.2, 0.25) is 0 Å². The van der Waals surface area contributed by atoms with Crippen LogP contribution >= 0.6 is 11.5 Å². The Morgan fingerprint density at radius 1 is 1.00 bits per heavy atom. The fourth-order valence-electron chi connectivity index (χ4n) is 4.51. The van der Waals surface area contributed by atoms with Gasteiger partial charge >= 0.3 is 0 Å². The van der Waals surface area contributed by atoms with Gasteiger partial charge in [0.1, 0.15) is 5.69 Å². The predicted octanol–water partition coefficient (Wildman–Crippen LogP) is 5.21. The molecule has 0 aliphatic carbocycles. The van der Waals surface area contributed by atoms with Crippen molar-refractivity contribution in [3.63, 3.8) is 0 Å². The van der Waals surface area contributed by atoms with Gasteiger partial charge in [-0.3, -0.25) is 9.59 Å². The number of aryl methyl sites for hydroxylation is 1. The molecule has 2 amide bonds. The summed E-state index contributed by atoms with van der Waals surface area (Å²) < 4.78 is 5.29. The van der Waals surface area contributed by atoms with E-state index in [0.717, 1.165) is 16.6 Å². The van der Waals surface area contributed by atoms with E-state index in [1.807, 2.05) is 41.3 Å². The third-order valence-corrected chi connectivity index (χ3v) is 7.07. The number of piperazine rings is 1. The molecule has 0 bridgehead atoms. The largest absolute Gasteiger partial charge is 0.365 e. The van der Waals surface area contributed by atoms with E-state index in [4.69, 9.17) is 0 Å². The van der Waals surface area contributed by atoms with Crippen LogP contribution in [0.5, 0.6) is 0 Å². The number of benzene rings is 3. The van der Waals surface area contributed by atoms with E-state index in [9.17, 15) is 9.59 Å². The molecule has 4 aromatic rings. The summed E-state index contributed by atoms with van der Waals surface area (Å²) in [6.45, 7) is 6.23. The maximum atomic E-state index is 13.5. The highest BCUT2D eigenvalue weighted by Crippen LogP contribution is 2.26. The summed E-state index contributed by atoms with van der Waals surface area (Å²) in [7, 11) is 0. The second kappa shape index (κ2) is 9.27. The van der Waals surface area contributed by atoms with Gasteiger partial charge in [-0.15, -0.1) is 0 Å². The van der Waals surface area contributed by atoms with Crippen LogP contribution in [0.4, 0.5) is 11.4 Å². The average Bonchev–Trinajstić information content (AvgIpc) is 3.28. The van der Waals surface area contributed by atoms with Crippen molar-refractivity contribution < 1.29 is 9.59 Å². The number of aromatic nitrogens is 1. The number of para-hydroxylation sites is 1. The van der Waals surface area contributed by atoms with Gasteiger partial charge in [-0.2, -0.15) is 4.37 Å². The van der Waals surface area contributed by atoms with Gasteiger partial charge in [0.15, 0.2) is 0 Å². The maximum absolute atomic E-state index is 13.5. The van der Waals surface area contributed by atoms with Crippen molar-refractivity contribution in [3.8, 4) is 0 Å².